The van der Waals surface area contributed by atoms with Gasteiger partial charge < -0.3 is 15.5 Å². The first-order valence-electron chi connectivity index (χ1n) is 8.25. The van der Waals surface area contributed by atoms with Crippen LogP contribution in [0, 0.1) is 17.5 Å². The van der Waals surface area contributed by atoms with E-state index in [1.807, 2.05) is 4.90 Å². The Kier molecular flexibility index (Phi) is 5.55. The van der Waals surface area contributed by atoms with E-state index in [9.17, 15) is 13.2 Å². The number of piperazine rings is 1. The summed E-state index contributed by atoms with van der Waals surface area (Å²) in [6.07, 6.45) is 3.67. The molecule has 1 aliphatic heterocycles. The van der Waals surface area contributed by atoms with Gasteiger partial charge in [-0.3, -0.25) is 4.99 Å². The number of guanidine groups is 1. The van der Waals surface area contributed by atoms with Crippen LogP contribution in [0.1, 0.15) is 5.56 Å². The predicted octanol–water partition coefficient (Wildman–Crippen LogP) is 1.57. The Bertz CT molecular complexity index is 752. The molecule has 0 unspecified atom stereocenters. The fourth-order valence-electron chi connectivity index (χ4n) is 2.74. The van der Waals surface area contributed by atoms with Crippen molar-refractivity contribution in [2.75, 3.05) is 37.6 Å². The second kappa shape index (κ2) is 8.03. The fraction of sp³-hybridized carbons (Fsp3) is 0.353. The highest BCUT2D eigenvalue weighted by Crippen LogP contribution is 2.14. The van der Waals surface area contributed by atoms with Gasteiger partial charge in [0.05, 0.1) is 0 Å². The Morgan fingerprint density at radius 2 is 1.65 bits per heavy atom. The fourth-order valence-corrected chi connectivity index (χ4v) is 2.74. The van der Waals surface area contributed by atoms with E-state index in [0.29, 0.717) is 43.7 Å². The van der Waals surface area contributed by atoms with E-state index in [4.69, 9.17) is 5.73 Å². The van der Waals surface area contributed by atoms with Crippen molar-refractivity contribution >= 4 is 11.9 Å². The number of benzene rings is 1. The van der Waals surface area contributed by atoms with Gasteiger partial charge in [-0.25, -0.2) is 23.1 Å². The summed E-state index contributed by atoms with van der Waals surface area (Å²) in [5.41, 5.74) is 6.34. The quantitative estimate of drug-likeness (QED) is 0.507. The molecular formula is C17H19F3N6. The summed E-state index contributed by atoms with van der Waals surface area (Å²) in [5, 5.41) is 0. The third kappa shape index (κ3) is 4.22. The van der Waals surface area contributed by atoms with Crippen LogP contribution < -0.4 is 10.6 Å². The molecule has 0 amide bonds. The number of hydrogen-bond donors (Lipinski definition) is 1. The molecule has 1 aliphatic rings. The average Bonchev–Trinajstić information content (AvgIpc) is 2.67. The van der Waals surface area contributed by atoms with Gasteiger partial charge >= 0.3 is 0 Å². The normalized spacial score (nSPS) is 15.4. The van der Waals surface area contributed by atoms with E-state index >= 15 is 0 Å². The molecule has 0 aliphatic carbocycles. The number of aliphatic imine (C=N–C) groups is 1. The molecule has 0 radical (unpaired) electrons. The van der Waals surface area contributed by atoms with Gasteiger partial charge in [-0.1, -0.05) is 0 Å². The lowest BCUT2D eigenvalue weighted by atomic mass is 10.1. The van der Waals surface area contributed by atoms with Crippen LogP contribution in [0.4, 0.5) is 19.1 Å². The van der Waals surface area contributed by atoms with Crippen molar-refractivity contribution in [1.29, 1.82) is 0 Å². The van der Waals surface area contributed by atoms with Crippen LogP contribution in [0.2, 0.25) is 0 Å². The number of aromatic nitrogens is 2. The molecule has 26 heavy (non-hydrogen) atoms. The molecule has 0 bridgehead atoms. The minimum atomic E-state index is -1.46. The zero-order chi connectivity index (χ0) is 18.5. The Morgan fingerprint density at radius 3 is 2.27 bits per heavy atom. The molecule has 3 rings (SSSR count). The lowest BCUT2D eigenvalue weighted by molar-refractivity contribution is 0.378. The first-order chi connectivity index (χ1) is 12.5. The molecule has 2 N–H and O–H groups in total. The van der Waals surface area contributed by atoms with Gasteiger partial charge in [0.15, 0.2) is 23.4 Å². The molecule has 0 spiro atoms. The maximum absolute atomic E-state index is 13.2. The lowest BCUT2D eigenvalue weighted by Crippen LogP contribution is -2.51. The van der Waals surface area contributed by atoms with E-state index in [1.165, 1.54) is 0 Å². The van der Waals surface area contributed by atoms with Crippen LogP contribution in [-0.4, -0.2) is 53.6 Å². The maximum Gasteiger partial charge on any atom is 0.225 e. The largest absolute Gasteiger partial charge is 0.370 e. The molecule has 2 aromatic rings. The minimum Gasteiger partial charge on any atom is -0.370 e. The molecule has 1 fully saturated rings. The summed E-state index contributed by atoms with van der Waals surface area (Å²) < 4.78 is 39.3. The molecule has 1 aromatic heterocycles. The van der Waals surface area contributed by atoms with Crippen molar-refractivity contribution in [3.8, 4) is 0 Å². The van der Waals surface area contributed by atoms with Gasteiger partial charge in [0.1, 0.15) is 0 Å². The van der Waals surface area contributed by atoms with Gasteiger partial charge in [-0.15, -0.1) is 0 Å². The predicted molar refractivity (Wildman–Crippen MR) is 92.3 cm³/mol. The Labute approximate surface area is 149 Å². The summed E-state index contributed by atoms with van der Waals surface area (Å²) in [6.45, 7) is 3.04. The SMILES string of the molecule is NC(=NCCc1cc(F)c(F)c(F)c1)N1CCN(c2ncccn2)CC1. The molecule has 138 valence electrons. The van der Waals surface area contributed by atoms with Crippen LogP contribution >= 0.6 is 0 Å². The van der Waals surface area contributed by atoms with Gasteiger partial charge in [0, 0.05) is 45.1 Å². The molecule has 1 aromatic carbocycles. The van der Waals surface area contributed by atoms with Gasteiger partial charge in [0.2, 0.25) is 5.95 Å². The summed E-state index contributed by atoms with van der Waals surface area (Å²) in [6, 6.07) is 3.72. The summed E-state index contributed by atoms with van der Waals surface area (Å²) >= 11 is 0. The van der Waals surface area contributed by atoms with Crippen LogP contribution in [0.5, 0.6) is 0 Å². The Balaban J connectivity index is 1.51. The first-order valence-corrected chi connectivity index (χ1v) is 8.25. The third-order valence-corrected chi connectivity index (χ3v) is 4.16. The lowest BCUT2D eigenvalue weighted by Gasteiger charge is -2.35. The summed E-state index contributed by atoms with van der Waals surface area (Å²) in [7, 11) is 0. The van der Waals surface area contributed by atoms with E-state index in [1.54, 1.807) is 18.5 Å². The first kappa shape index (κ1) is 18.0. The topological polar surface area (TPSA) is 70.6 Å². The van der Waals surface area contributed by atoms with Crippen molar-refractivity contribution in [3.63, 3.8) is 0 Å². The van der Waals surface area contributed by atoms with Crippen molar-refractivity contribution in [1.82, 2.24) is 14.9 Å². The number of nitrogens with two attached hydrogens (primary N) is 1. The Morgan fingerprint density at radius 1 is 1.04 bits per heavy atom. The van der Waals surface area contributed by atoms with Crippen molar-refractivity contribution < 1.29 is 13.2 Å². The highest BCUT2D eigenvalue weighted by molar-refractivity contribution is 5.78. The van der Waals surface area contributed by atoms with E-state index in [-0.39, 0.29) is 13.0 Å². The standard InChI is InChI=1S/C17H19F3N6/c18-13-10-12(11-14(19)15(13)20)2-5-22-16(21)25-6-8-26(9-7-25)17-23-3-1-4-24-17/h1,3-4,10-11H,2,5-9H2,(H2,21,22). The zero-order valence-corrected chi connectivity index (χ0v) is 14.1. The highest BCUT2D eigenvalue weighted by Gasteiger charge is 2.19. The molecule has 1 saturated heterocycles. The summed E-state index contributed by atoms with van der Waals surface area (Å²) in [4.78, 5) is 16.7. The van der Waals surface area contributed by atoms with Crippen LogP contribution in [0.25, 0.3) is 0 Å². The van der Waals surface area contributed by atoms with Crippen molar-refractivity contribution in [2.45, 2.75) is 6.42 Å². The average molecular weight is 364 g/mol. The molecule has 0 saturated carbocycles. The minimum absolute atomic E-state index is 0.262. The number of halogens is 3. The molecule has 6 nitrogen and oxygen atoms in total. The molecular weight excluding hydrogens is 345 g/mol. The van der Waals surface area contributed by atoms with Gasteiger partial charge in [0.25, 0.3) is 0 Å². The van der Waals surface area contributed by atoms with Crippen LogP contribution in [0.15, 0.2) is 35.6 Å². The number of anilines is 1. The van der Waals surface area contributed by atoms with E-state index in [0.717, 1.165) is 12.1 Å². The second-order valence-corrected chi connectivity index (χ2v) is 5.89. The van der Waals surface area contributed by atoms with Crippen LogP contribution in [0.3, 0.4) is 0 Å². The van der Waals surface area contributed by atoms with Gasteiger partial charge in [-0.05, 0) is 30.2 Å². The number of nitrogens with zero attached hydrogens (tertiary/aromatic N) is 5. The number of hydrogen-bond acceptors (Lipinski definition) is 4. The second-order valence-electron chi connectivity index (χ2n) is 5.89. The van der Waals surface area contributed by atoms with E-state index in [2.05, 4.69) is 19.9 Å². The molecule has 0 atom stereocenters. The van der Waals surface area contributed by atoms with Crippen molar-refractivity contribution in [2.24, 2.45) is 10.7 Å². The third-order valence-electron chi connectivity index (χ3n) is 4.16. The zero-order valence-electron chi connectivity index (χ0n) is 14.1. The van der Waals surface area contributed by atoms with Crippen LogP contribution in [-0.2, 0) is 6.42 Å². The van der Waals surface area contributed by atoms with Crippen molar-refractivity contribution in [3.05, 3.63) is 53.6 Å². The highest BCUT2D eigenvalue weighted by atomic mass is 19.2. The number of rotatable bonds is 4. The Hall–Kier alpha value is -2.84. The monoisotopic (exact) mass is 364 g/mol. The van der Waals surface area contributed by atoms with Gasteiger partial charge in [-0.2, -0.15) is 0 Å². The summed E-state index contributed by atoms with van der Waals surface area (Å²) in [5.74, 6) is -2.80. The molecule has 2 heterocycles. The molecule has 9 heteroatoms. The smallest absolute Gasteiger partial charge is 0.225 e. The maximum atomic E-state index is 13.2. The van der Waals surface area contributed by atoms with E-state index < -0.39 is 17.5 Å².